The zero-order valence-corrected chi connectivity index (χ0v) is 8.95. The van der Waals surface area contributed by atoms with Gasteiger partial charge in [-0.05, 0) is 18.9 Å². The SMILES string of the molecule is OCC1CCCN1c1ccn2nccc2n1. The second-order valence-corrected chi connectivity index (χ2v) is 4.09. The summed E-state index contributed by atoms with van der Waals surface area (Å²) in [6, 6.07) is 4.06. The van der Waals surface area contributed by atoms with Crippen LogP contribution in [0.25, 0.3) is 5.65 Å². The molecule has 1 aliphatic rings. The summed E-state index contributed by atoms with van der Waals surface area (Å²) in [7, 11) is 0. The van der Waals surface area contributed by atoms with Crippen molar-refractivity contribution in [2.24, 2.45) is 0 Å². The van der Waals surface area contributed by atoms with Crippen LogP contribution in [0, 0.1) is 0 Å². The fourth-order valence-corrected chi connectivity index (χ4v) is 2.29. The lowest BCUT2D eigenvalue weighted by Gasteiger charge is -2.23. The van der Waals surface area contributed by atoms with Crippen molar-refractivity contribution in [3.63, 3.8) is 0 Å². The molecule has 1 atom stereocenters. The lowest BCUT2D eigenvalue weighted by molar-refractivity contribution is 0.266. The third kappa shape index (κ3) is 1.44. The molecule has 1 saturated heterocycles. The van der Waals surface area contributed by atoms with Gasteiger partial charge in [-0.2, -0.15) is 5.10 Å². The Hall–Kier alpha value is -1.62. The van der Waals surface area contributed by atoms with Crippen LogP contribution in [-0.4, -0.2) is 38.9 Å². The van der Waals surface area contributed by atoms with Crippen molar-refractivity contribution in [1.82, 2.24) is 14.6 Å². The summed E-state index contributed by atoms with van der Waals surface area (Å²) in [6.45, 7) is 1.18. The number of fused-ring (bicyclic) bond motifs is 1. The summed E-state index contributed by atoms with van der Waals surface area (Å²) in [6.07, 6.45) is 5.81. The van der Waals surface area contributed by atoms with Gasteiger partial charge in [-0.25, -0.2) is 9.50 Å². The lowest BCUT2D eigenvalue weighted by Crippen LogP contribution is -2.32. The van der Waals surface area contributed by atoms with Gasteiger partial charge in [-0.3, -0.25) is 0 Å². The van der Waals surface area contributed by atoms with Crippen LogP contribution in [0.15, 0.2) is 24.5 Å². The van der Waals surface area contributed by atoms with Gasteiger partial charge in [0.15, 0.2) is 5.65 Å². The van der Waals surface area contributed by atoms with Crippen molar-refractivity contribution in [2.45, 2.75) is 18.9 Å². The number of aliphatic hydroxyl groups excluding tert-OH is 1. The molecule has 0 aliphatic carbocycles. The fourth-order valence-electron chi connectivity index (χ4n) is 2.29. The Balaban J connectivity index is 1.98. The third-order valence-corrected chi connectivity index (χ3v) is 3.13. The van der Waals surface area contributed by atoms with E-state index in [-0.39, 0.29) is 12.6 Å². The van der Waals surface area contributed by atoms with E-state index >= 15 is 0 Å². The molecule has 5 heteroatoms. The summed E-state index contributed by atoms with van der Waals surface area (Å²) in [5.74, 6) is 0.935. The van der Waals surface area contributed by atoms with Crippen molar-refractivity contribution in [2.75, 3.05) is 18.1 Å². The number of hydrogen-bond acceptors (Lipinski definition) is 4. The van der Waals surface area contributed by atoms with Gasteiger partial charge in [-0.15, -0.1) is 0 Å². The molecule has 16 heavy (non-hydrogen) atoms. The molecule has 1 unspecified atom stereocenters. The molecule has 0 amide bonds. The van der Waals surface area contributed by atoms with Crippen LogP contribution in [0.5, 0.6) is 0 Å². The van der Waals surface area contributed by atoms with E-state index < -0.39 is 0 Å². The van der Waals surface area contributed by atoms with Gasteiger partial charge in [0.1, 0.15) is 5.82 Å². The number of nitrogens with zero attached hydrogens (tertiary/aromatic N) is 4. The van der Waals surface area contributed by atoms with E-state index in [4.69, 9.17) is 0 Å². The molecule has 2 aromatic heterocycles. The standard InChI is InChI=1S/C11H14N4O/c16-8-9-2-1-6-14(9)10-4-7-15-11(13-10)3-5-12-15/h3-5,7,9,16H,1-2,6,8H2. The Bertz CT molecular complexity index is 495. The molecule has 0 bridgehead atoms. The first-order valence-corrected chi connectivity index (χ1v) is 5.56. The van der Waals surface area contributed by atoms with Crippen molar-refractivity contribution < 1.29 is 5.11 Å². The van der Waals surface area contributed by atoms with Crippen molar-refractivity contribution in [1.29, 1.82) is 0 Å². The molecular weight excluding hydrogens is 204 g/mol. The topological polar surface area (TPSA) is 53.7 Å². The van der Waals surface area contributed by atoms with Crippen molar-refractivity contribution >= 4 is 11.5 Å². The second-order valence-electron chi connectivity index (χ2n) is 4.09. The van der Waals surface area contributed by atoms with Crippen LogP contribution in [0.1, 0.15) is 12.8 Å². The largest absolute Gasteiger partial charge is 0.394 e. The van der Waals surface area contributed by atoms with Crippen molar-refractivity contribution in [3.05, 3.63) is 24.5 Å². The second kappa shape index (κ2) is 3.75. The predicted molar refractivity (Wildman–Crippen MR) is 60.4 cm³/mol. The van der Waals surface area contributed by atoms with E-state index in [9.17, 15) is 5.11 Å². The highest BCUT2D eigenvalue weighted by Crippen LogP contribution is 2.23. The summed E-state index contributed by atoms with van der Waals surface area (Å²) >= 11 is 0. The zero-order valence-electron chi connectivity index (χ0n) is 8.95. The molecule has 0 radical (unpaired) electrons. The molecule has 84 valence electrons. The van der Waals surface area contributed by atoms with Gasteiger partial charge in [0, 0.05) is 18.8 Å². The molecule has 1 N–H and O–H groups in total. The molecule has 0 spiro atoms. The molecular formula is C11H14N4O. The number of aromatic nitrogens is 3. The number of rotatable bonds is 2. The molecule has 2 aromatic rings. The summed E-state index contributed by atoms with van der Waals surface area (Å²) < 4.78 is 1.74. The van der Waals surface area contributed by atoms with Gasteiger partial charge in [-0.1, -0.05) is 0 Å². The number of hydrogen-bond donors (Lipinski definition) is 1. The maximum Gasteiger partial charge on any atom is 0.157 e. The summed E-state index contributed by atoms with van der Waals surface area (Å²) in [4.78, 5) is 6.70. The minimum Gasteiger partial charge on any atom is -0.394 e. The smallest absolute Gasteiger partial charge is 0.157 e. The zero-order chi connectivity index (χ0) is 11.0. The summed E-state index contributed by atoms with van der Waals surface area (Å²) in [5, 5.41) is 13.4. The molecule has 1 fully saturated rings. The average Bonchev–Trinajstić information content (AvgIpc) is 2.96. The highest BCUT2D eigenvalue weighted by Gasteiger charge is 2.24. The van der Waals surface area contributed by atoms with Crippen LogP contribution in [-0.2, 0) is 0 Å². The Labute approximate surface area is 93.3 Å². The van der Waals surface area contributed by atoms with Crippen molar-refractivity contribution in [3.8, 4) is 0 Å². The van der Waals surface area contributed by atoms with Gasteiger partial charge in [0.2, 0.25) is 0 Å². The van der Waals surface area contributed by atoms with Gasteiger partial charge >= 0.3 is 0 Å². The van der Waals surface area contributed by atoms with Gasteiger partial charge in [0.05, 0.1) is 18.8 Å². The number of anilines is 1. The van der Waals surface area contributed by atoms with E-state index in [2.05, 4.69) is 15.0 Å². The minimum absolute atomic E-state index is 0.201. The van der Waals surface area contributed by atoms with E-state index in [1.807, 2.05) is 18.3 Å². The first-order chi connectivity index (χ1) is 7.88. The quantitative estimate of drug-likeness (QED) is 0.805. The van der Waals surface area contributed by atoms with E-state index in [1.54, 1.807) is 10.7 Å². The van der Waals surface area contributed by atoms with Crippen LogP contribution in [0.2, 0.25) is 0 Å². The molecule has 0 saturated carbocycles. The lowest BCUT2D eigenvalue weighted by atomic mass is 10.2. The Morgan fingerprint density at radius 3 is 3.25 bits per heavy atom. The highest BCUT2D eigenvalue weighted by molar-refractivity contribution is 5.48. The van der Waals surface area contributed by atoms with Gasteiger partial charge < -0.3 is 10.0 Å². The number of aliphatic hydroxyl groups is 1. The van der Waals surface area contributed by atoms with Crippen LogP contribution in [0.3, 0.4) is 0 Å². The van der Waals surface area contributed by atoms with E-state index in [0.717, 1.165) is 30.9 Å². The molecule has 0 aromatic carbocycles. The van der Waals surface area contributed by atoms with Crippen LogP contribution < -0.4 is 4.90 Å². The van der Waals surface area contributed by atoms with E-state index in [1.165, 1.54) is 0 Å². The summed E-state index contributed by atoms with van der Waals surface area (Å²) in [5.41, 5.74) is 0.848. The Morgan fingerprint density at radius 1 is 1.44 bits per heavy atom. The van der Waals surface area contributed by atoms with E-state index in [0.29, 0.717) is 0 Å². The Kier molecular flexibility index (Phi) is 2.25. The molecule has 5 nitrogen and oxygen atoms in total. The minimum atomic E-state index is 0.201. The maximum atomic E-state index is 9.28. The Morgan fingerprint density at radius 2 is 2.38 bits per heavy atom. The third-order valence-electron chi connectivity index (χ3n) is 3.13. The van der Waals surface area contributed by atoms with Gasteiger partial charge in [0.25, 0.3) is 0 Å². The maximum absolute atomic E-state index is 9.28. The highest BCUT2D eigenvalue weighted by atomic mass is 16.3. The monoisotopic (exact) mass is 218 g/mol. The predicted octanol–water partition coefficient (Wildman–Crippen LogP) is 0.690. The molecule has 1 aliphatic heterocycles. The molecule has 3 heterocycles. The van der Waals surface area contributed by atoms with Crippen LogP contribution in [0.4, 0.5) is 5.82 Å². The average molecular weight is 218 g/mol. The van der Waals surface area contributed by atoms with Crippen LogP contribution >= 0.6 is 0 Å². The first-order valence-electron chi connectivity index (χ1n) is 5.56. The molecule has 3 rings (SSSR count). The normalized spacial score (nSPS) is 20.8. The fraction of sp³-hybridized carbons (Fsp3) is 0.455. The first kappa shape index (κ1) is 9.59.